The maximum atomic E-state index is 2.48. The molecule has 0 amide bonds. The molecule has 2 aliphatic rings. The van der Waals surface area contributed by atoms with Crippen LogP contribution in [0, 0.1) is 0 Å². The molecule has 0 spiro atoms. The SMILES string of the molecule is CCCCCCCCCCCC[N+](Cc1ccccc1)(c1cccc2c1Cc1ccccc1-2)c1cccc2c1Cc1ccccc1-2.[Br-]. The number of benzene rings is 5. The first-order chi connectivity index (χ1) is 22.8. The fourth-order valence-electron chi connectivity index (χ4n) is 8.47. The highest BCUT2D eigenvalue weighted by Gasteiger charge is 2.41. The first-order valence-electron chi connectivity index (χ1n) is 18.1. The van der Waals surface area contributed by atoms with Gasteiger partial charge in [-0.3, -0.25) is 4.48 Å². The molecular formula is C45H50BrN. The summed E-state index contributed by atoms with van der Waals surface area (Å²) in [6.07, 6.45) is 15.6. The Morgan fingerprint density at radius 2 is 0.894 bits per heavy atom. The molecule has 0 radical (unpaired) electrons. The zero-order chi connectivity index (χ0) is 31.2. The lowest BCUT2D eigenvalue weighted by atomic mass is 9.96. The van der Waals surface area contributed by atoms with Gasteiger partial charge in [0.15, 0.2) is 0 Å². The van der Waals surface area contributed by atoms with Gasteiger partial charge < -0.3 is 17.0 Å². The van der Waals surface area contributed by atoms with Crippen molar-refractivity contribution in [3.8, 4) is 22.3 Å². The van der Waals surface area contributed by atoms with Crippen LogP contribution in [0.1, 0.15) is 98.9 Å². The monoisotopic (exact) mass is 683 g/mol. The molecule has 0 fully saturated rings. The van der Waals surface area contributed by atoms with E-state index in [0.717, 1.165) is 30.4 Å². The minimum Gasteiger partial charge on any atom is -1.00 e. The second kappa shape index (κ2) is 15.6. The Hall–Kier alpha value is -3.46. The van der Waals surface area contributed by atoms with E-state index in [1.165, 1.54) is 126 Å². The predicted molar refractivity (Wildman–Crippen MR) is 198 cm³/mol. The number of rotatable bonds is 15. The molecule has 0 bridgehead atoms. The van der Waals surface area contributed by atoms with E-state index in [0.29, 0.717) is 0 Å². The van der Waals surface area contributed by atoms with Gasteiger partial charge in [-0.1, -0.05) is 161 Å². The minimum absolute atomic E-state index is 0. The van der Waals surface area contributed by atoms with Crippen molar-refractivity contribution in [1.29, 1.82) is 0 Å². The molecule has 0 heterocycles. The zero-order valence-corrected chi connectivity index (χ0v) is 29.8. The Kier molecular flexibility index (Phi) is 11.1. The molecule has 242 valence electrons. The van der Waals surface area contributed by atoms with Crippen LogP contribution >= 0.6 is 0 Å². The number of fused-ring (bicyclic) bond motifs is 6. The van der Waals surface area contributed by atoms with Crippen LogP contribution in [-0.4, -0.2) is 6.54 Å². The molecule has 5 aromatic rings. The van der Waals surface area contributed by atoms with Gasteiger partial charge in [-0.15, -0.1) is 0 Å². The number of hydrogen-bond acceptors (Lipinski definition) is 0. The van der Waals surface area contributed by atoms with Crippen molar-refractivity contribution in [2.45, 2.75) is 90.5 Å². The van der Waals surface area contributed by atoms with Crippen molar-refractivity contribution in [2.75, 3.05) is 6.54 Å². The van der Waals surface area contributed by atoms with Crippen molar-refractivity contribution >= 4 is 11.4 Å². The van der Waals surface area contributed by atoms with E-state index >= 15 is 0 Å². The molecule has 0 saturated heterocycles. The molecule has 7 rings (SSSR count). The summed E-state index contributed by atoms with van der Waals surface area (Å²) in [6, 6.07) is 43.8. The van der Waals surface area contributed by atoms with Crippen LogP contribution in [0.3, 0.4) is 0 Å². The van der Waals surface area contributed by atoms with E-state index in [9.17, 15) is 0 Å². The lowest BCUT2D eigenvalue weighted by molar-refractivity contribution is -0.00000915. The van der Waals surface area contributed by atoms with E-state index in [-0.39, 0.29) is 17.0 Å². The van der Waals surface area contributed by atoms with Crippen LogP contribution in [0.5, 0.6) is 0 Å². The van der Waals surface area contributed by atoms with Gasteiger partial charge in [0.1, 0.15) is 17.9 Å². The van der Waals surface area contributed by atoms with Crippen molar-refractivity contribution in [3.63, 3.8) is 0 Å². The molecule has 0 unspecified atom stereocenters. The fraction of sp³-hybridized carbons (Fsp3) is 0.333. The lowest BCUT2D eigenvalue weighted by Gasteiger charge is -2.40. The molecule has 0 aromatic heterocycles. The highest BCUT2D eigenvalue weighted by Crippen LogP contribution is 2.51. The van der Waals surface area contributed by atoms with Gasteiger partial charge in [-0.25, -0.2) is 0 Å². The molecule has 2 heteroatoms. The van der Waals surface area contributed by atoms with Crippen LogP contribution in [0.2, 0.25) is 0 Å². The van der Waals surface area contributed by atoms with E-state index in [1.54, 1.807) is 0 Å². The maximum Gasteiger partial charge on any atom is 0.142 e. The van der Waals surface area contributed by atoms with Gasteiger partial charge in [0.25, 0.3) is 0 Å². The summed E-state index contributed by atoms with van der Waals surface area (Å²) < 4.78 is 0.884. The summed E-state index contributed by atoms with van der Waals surface area (Å²) in [4.78, 5) is 0. The molecule has 47 heavy (non-hydrogen) atoms. The van der Waals surface area contributed by atoms with E-state index in [1.807, 2.05) is 0 Å². The molecule has 1 nitrogen and oxygen atoms in total. The molecular weight excluding hydrogens is 634 g/mol. The van der Waals surface area contributed by atoms with Crippen LogP contribution < -0.4 is 21.5 Å². The molecule has 2 aliphatic carbocycles. The van der Waals surface area contributed by atoms with E-state index < -0.39 is 0 Å². The first kappa shape index (κ1) is 33.4. The van der Waals surface area contributed by atoms with Crippen LogP contribution in [0.25, 0.3) is 22.3 Å². The van der Waals surface area contributed by atoms with Gasteiger partial charge in [0, 0.05) is 29.5 Å². The Balaban J connectivity index is 0.00000386. The quantitative estimate of drug-likeness (QED) is 0.0746. The Morgan fingerprint density at radius 3 is 1.43 bits per heavy atom. The summed E-state index contributed by atoms with van der Waals surface area (Å²) >= 11 is 0. The number of unbranched alkanes of at least 4 members (excludes halogenated alkanes) is 9. The average molecular weight is 685 g/mol. The van der Waals surface area contributed by atoms with Crippen LogP contribution in [0.4, 0.5) is 11.4 Å². The summed E-state index contributed by atoms with van der Waals surface area (Å²) in [5, 5.41) is 0. The number of hydrogen-bond donors (Lipinski definition) is 0. The van der Waals surface area contributed by atoms with E-state index in [4.69, 9.17) is 0 Å². The molecule has 0 N–H and O–H groups in total. The maximum absolute atomic E-state index is 2.48. The normalized spacial score (nSPS) is 12.6. The number of nitrogens with zero attached hydrogens (tertiary/aromatic N) is 1. The highest BCUT2D eigenvalue weighted by atomic mass is 79.9. The summed E-state index contributed by atoms with van der Waals surface area (Å²) in [5.74, 6) is 0. The summed E-state index contributed by atoms with van der Waals surface area (Å²) in [6.45, 7) is 4.39. The summed E-state index contributed by atoms with van der Waals surface area (Å²) in [7, 11) is 0. The Morgan fingerprint density at radius 1 is 0.447 bits per heavy atom. The largest absolute Gasteiger partial charge is 1.00 e. The van der Waals surface area contributed by atoms with Gasteiger partial charge in [-0.05, 0) is 58.4 Å². The average Bonchev–Trinajstić information content (AvgIpc) is 3.68. The molecule has 0 atom stereocenters. The smallest absolute Gasteiger partial charge is 0.142 e. The second-order valence-electron chi connectivity index (χ2n) is 13.8. The number of halogens is 1. The first-order valence-corrected chi connectivity index (χ1v) is 18.1. The molecule has 5 aromatic carbocycles. The van der Waals surface area contributed by atoms with E-state index in [2.05, 4.69) is 122 Å². The van der Waals surface area contributed by atoms with Gasteiger partial charge in [0.05, 0.1) is 6.54 Å². The summed E-state index contributed by atoms with van der Waals surface area (Å²) in [5.41, 5.74) is 16.1. The van der Waals surface area contributed by atoms with Crippen molar-refractivity contribution in [2.24, 2.45) is 0 Å². The number of quaternary nitrogens is 1. The standard InChI is InChI=1S/C45H50N.BrH/c1-2-3-4-5-6-7-8-9-10-18-31-46(34-35-21-12-11-13-22-35,44-29-19-27-40-38-25-16-14-23-36(38)32-42(40)44)45-30-20-28-41-39-26-17-15-24-37(39)33-43(41)45;/h11-17,19-30H,2-10,18,31-34H2,1H3;1H/q+1;/p-1. The fourth-order valence-corrected chi connectivity index (χ4v) is 8.47. The third-order valence-electron chi connectivity index (χ3n) is 10.8. The third-order valence-corrected chi connectivity index (χ3v) is 10.8. The van der Waals surface area contributed by atoms with Gasteiger partial charge in [0.2, 0.25) is 0 Å². The van der Waals surface area contributed by atoms with Crippen molar-refractivity contribution < 1.29 is 17.0 Å². The molecule has 0 saturated carbocycles. The highest BCUT2D eigenvalue weighted by molar-refractivity contribution is 5.86. The Labute approximate surface area is 294 Å². The van der Waals surface area contributed by atoms with Crippen LogP contribution in [0.15, 0.2) is 115 Å². The van der Waals surface area contributed by atoms with Crippen molar-refractivity contribution in [1.82, 2.24) is 4.48 Å². The topological polar surface area (TPSA) is 0 Å². The van der Waals surface area contributed by atoms with Gasteiger partial charge in [-0.2, -0.15) is 0 Å². The minimum atomic E-state index is 0. The predicted octanol–water partition coefficient (Wildman–Crippen LogP) is 9.59. The second-order valence-corrected chi connectivity index (χ2v) is 13.8. The molecule has 0 aliphatic heterocycles. The zero-order valence-electron chi connectivity index (χ0n) is 28.2. The lowest BCUT2D eigenvalue weighted by Crippen LogP contribution is -3.00. The third kappa shape index (κ3) is 6.92. The van der Waals surface area contributed by atoms with Crippen molar-refractivity contribution in [3.05, 3.63) is 143 Å². The van der Waals surface area contributed by atoms with Crippen LogP contribution in [-0.2, 0) is 19.4 Å². The Bertz CT molecular complexity index is 1670. The van der Waals surface area contributed by atoms with Gasteiger partial charge >= 0.3 is 0 Å².